The summed E-state index contributed by atoms with van der Waals surface area (Å²) in [5, 5.41) is 8.84. The lowest BCUT2D eigenvalue weighted by Gasteiger charge is -2.06. The maximum atomic E-state index is 8.84. The van der Waals surface area contributed by atoms with E-state index in [2.05, 4.69) is 15.0 Å². The number of hydrogen-bond donors (Lipinski definition) is 0. The van der Waals surface area contributed by atoms with E-state index in [4.69, 9.17) is 5.26 Å². The molecule has 0 amide bonds. The molecule has 0 N–H and O–H groups in total. The number of rotatable bonds is 0. The Balaban J connectivity index is 2.55. The van der Waals surface area contributed by atoms with Crippen molar-refractivity contribution >= 4 is 17.5 Å². The maximum Gasteiger partial charge on any atom is 0.220 e. The van der Waals surface area contributed by atoms with Crippen molar-refractivity contribution in [3.05, 3.63) is 23.7 Å². The zero-order valence-corrected chi connectivity index (χ0v) is 7.18. The minimum atomic E-state index is 0.336. The van der Waals surface area contributed by atoms with Crippen molar-refractivity contribution in [1.82, 2.24) is 14.5 Å². The Labute approximate surface area is 79.3 Å². The first-order valence-electron chi connectivity index (χ1n) is 4.16. The lowest BCUT2D eigenvalue weighted by Crippen LogP contribution is -2.05. The molecule has 3 rings (SSSR count). The van der Waals surface area contributed by atoms with Crippen LogP contribution in [-0.4, -0.2) is 20.9 Å². The number of aromatic nitrogens is 3. The van der Waals surface area contributed by atoms with E-state index in [1.165, 1.54) is 0 Å². The second-order valence-corrected chi connectivity index (χ2v) is 3.02. The van der Waals surface area contributed by atoms with Crippen molar-refractivity contribution in [1.29, 1.82) is 5.26 Å². The molecule has 0 unspecified atom stereocenters. The standard InChI is InChI=1S/C9H5N5/c10-3-7-13-9-8-6(1-2-12-9)4-11-5-14(7)8/h1-2,5H,4H2. The molecule has 0 fully saturated rings. The van der Waals surface area contributed by atoms with Gasteiger partial charge in [0.15, 0.2) is 5.65 Å². The SMILES string of the molecule is N#Cc1nc2nccc3c2n1C=NC3. The third-order valence-electron chi connectivity index (χ3n) is 2.23. The van der Waals surface area contributed by atoms with E-state index in [1.807, 2.05) is 12.1 Å². The van der Waals surface area contributed by atoms with Crippen LogP contribution in [0.5, 0.6) is 0 Å². The Kier molecular flexibility index (Phi) is 1.23. The van der Waals surface area contributed by atoms with Crippen molar-refractivity contribution < 1.29 is 0 Å². The highest BCUT2D eigenvalue weighted by Gasteiger charge is 2.15. The second-order valence-electron chi connectivity index (χ2n) is 3.02. The summed E-state index contributed by atoms with van der Waals surface area (Å²) in [6, 6.07) is 3.92. The van der Waals surface area contributed by atoms with Crippen LogP contribution in [-0.2, 0) is 6.54 Å². The third kappa shape index (κ3) is 0.746. The number of pyridine rings is 1. The Morgan fingerprint density at radius 3 is 3.29 bits per heavy atom. The largest absolute Gasteiger partial charge is 0.272 e. The highest BCUT2D eigenvalue weighted by molar-refractivity contribution is 5.86. The lowest BCUT2D eigenvalue weighted by atomic mass is 10.2. The van der Waals surface area contributed by atoms with Crippen LogP contribution in [0.3, 0.4) is 0 Å². The van der Waals surface area contributed by atoms with E-state index in [1.54, 1.807) is 17.1 Å². The molecule has 0 saturated heterocycles. The summed E-state index contributed by atoms with van der Waals surface area (Å²) in [5.41, 5.74) is 2.58. The molecular weight excluding hydrogens is 178 g/mol. The van der Waals surface area contributed by atoms with Crippen LogP contribution in [0.4, 0.5) is 0 Å². The molecule has 2 aromatic rings. The van der Waals surface area contributed by atoms with Gasteiger partial charge in [-0.2, -0.15) is 10.2 Å². The molecule has 0 aliphatic carbocycles. The van der Waals surface area contributed by atoms with Gasteiger partial charge in [0, 0.05) is 11.8 Å². The molecule has 0 radical (unpaired) electrons. The van der Waals surface area contributed by atoms with E-state index >= 15 is 0 Å². The van der Waals surface area contributed by atoms with Gasteiger partial charge in [0.2, 0.25) is 5.82 Å². The van der Waals surface area contributed by atoms with Gasteiger partial charge < -0.3 is 0 Å². The fourth-order valence-electron chi connectivity index (χ4n) is 1.63. The minimum Gasteiger partial charge on any atom is -0.272 e. The van der Waals surface area contributed by atoms with Gasteiger partial charge in [0.05, 0.1) is 18.4 Å². The van der Waals surface area contributed by atoms with Gasteiger partial charge in [-0.3, -0.25) is 9.56 Å². The van der Waals surface area contributed by atoms with Crippen molar-refractivity contribution in [3.63, 3.8) is 0 Å². The zero-order valence-electron chi connectivity index (χ0n) is 7.18. The molecule has 1 aliphatic rings. The second kappa shape index (κ2) is 2.39. The minimum absolute atomic E-state index is 0.336. The molecule has 1 aliphatic heterocycles. The summed E-state index contributed by atoms with van der Waals surface area (Å²) in [5.74, 6) is 0.336. The van der Waals surface area contributed by atoms with Gasteiger partial charge in [-0.25, -0.2) is 4.98 Å². The van der Waals surface area contributed by atoms with E-state index in [0.29, 0.717) is 18.0 Å². The molecule has 3 heterocycles. The molecule has 66 valence electrons. The summed E-state index contributed by atoms with van der Waals surface area (Å²) in [7, 11) is 0. The maximum absolute atomic E-state index is 8.84. The fraction of sp³-hybridized carbons (Fsp3) is 0.111. The molecule has 2 aromatic heterocycles. The first kappa shape index (κ1) is 7.21. The van der Waals surface area contributed by atoms with Crippen molar-refractivity contribution in [2.45, 2.75) is 6.54 Å². The average molecular weight is 183 g/mol. The summed E-state index contributed by atoms with van der Waals surface area (Å²) in [4.78, 5) is 12.4. The van der Waals surface area contributed by atoms with Crippen molar-refractivity contribution in [2.24, 2.45) is 4.99 Å². The Morgan fingerprint density at radius 2 is 2.43 bits per heavy atom. The highest BCUT2D eigenvalue weighted by Crippen LogP contribution is 2.20. The first-order chi connectivity index (χ1) is 6.90. The topological polar surface area (TPSA) is 66.9 Å². The van der Waals surface area contributed by atoms with Crippen LogP contribution in [0.2, 0.25) is 0 Å². The van der Waals surface area contributed by atoms with Crippen LogP contribution in [0.25, 0.3) is 11.2 Å². The third-order valence-corrected chi connectivity index (χ3v) is 2.23. The number of nitriles is 1. The fourth-order valence-corrected chi connectivity index (χ4v) is 1.63. The number of imidazole rings is 1. The molecule has 0 atom stereocenters. The Bertz CT molecular complexity index is 587. The van der Waals surface area contributed by atoms with E-state index in [-0.39, 0.29) is 0 Å². The highest BCUT2D eigenvalue weighted by atomic mass is 15.1. The van der Waals surface area contributed by atoms with Crippen LogP contribution in [0, 0.1) is 11.3 Å². The van der Waals surface area contributed by atoms with E-state index in [0.717, 1.165) is 11.1 Å². The molecule has 0 saturated carbocycles. The van der Waals surface area contributed by atoms with Crippen molar-refractivity contribution in [3.8, 4) is 6.07 Å². The van der Waals surface area contributed by atoms with Gasteiger partial charge in [-0.1, -0.05) is 0 Å². The van der Waals surface area contributed by atoms with Crippen molar-refractivity contribution in [2.75, 3.05) is 0 Å². The molecular formula is C9H5N5. The van der Waals surface area contributed by atoms with E-state index in [9.17, 15) is 0 Å². The van der Waals surface area contributed by atoms with Gasteiger partial charge in [-0.05, 0) is 6.07 Å². The lowest BCUT2D eigenvalue weighted by molar-refractivity contribution is 1.00. The summed E-state index contributed by atoms with van der Waals surface area (Å²) >= 11 is 0. The Morgan fingerprint density at radius 1 is 1.50 bits per heavy atom. The first-order valence-corrected chi connectivity index (χ1v) is 4.16. The van der Waals surface area contributed by atoms with Crippen LogP contribution < -0.4 is 0 Å². The summed E-state index contributed by atoms with van der Waals surface area (Å²) < 4.78 is 1.68. The smallest absolute Gasteiger partial charge is 0.220 e. The predicted octanol–water partition coefficient (Wildman–Crippen LogP) is 0.693. The normalized spacial score (nSPS) is 13.1. The predicted molar refractivity (Wildman–Crippen MR) is 49.8 cm³/mol. The van der Waals surface area contributed by atoms with Gasteiger partial charge in [0.25, 0.3) is 0 Å². The molecule has 5 heteroatoms. The molecule has 0 spiro atoms. The summed E-state index contributed by atoms with van der Waals surface area (Å²) in [6.07, 6.45) is 3.32. The van der Waals surface area contributed by atoms with Gasteiger partial charge >= 0.3 is 0 Å². The molecule has 0 bridgehead atoms. The van der Waals surface area contributed by atoms with Crippen LogP contribution >= 0.6 is 0 Å². The van der Waals surface area contributed by atoms with Crippen LogP contribution in [0.1, 0.15) is 11.4 Å². The number of hydrogen-bond acceptors (Lipinski definition) is 4. The molecule has 5 nitrogen and oxygen atoms in total. The van der Waals surface area contributed by atoms with E-state index < -0.39 is 0 Å². The van der Waals surface area contributed by atoms with Gasteiger partial charge in [0.1, 0.15) is 6.07 Å². The zero-order chi connectivity index (χ0) is 9.54. The van der Waals surface area contributed by atoms with Gasteiger partial charge in [-0.15, -0.1) is 0 Å². The monoisotopic (exact) mass is 183 g/mol. The quantitative estimate of drug-likeness (QED) is 0.603. The Hall–Kier alpha value is -2.22. The summed E-state index contributed by atoms with van der Waals surface area (Å²) in [6.45, 7) is 0.635. The number of nitrogens with zero attached hydrogens (tertiary/aromatic N) is 5. The average Bonchev–Trinajstić information content (AvgIpc) is 2.60. The number of aliphatic imine (C=N–C) groups is 1. The molecule has 14 heavy (non-hydrogen) atoms. The van der Waals surface area contributed by atoms with Crippen LogP contribution in [0.15, 0.2) is 17.3 Å². The molecule has 0 aromatic carbocycles.